The van der Waals surface area contributed by atoms with E-state index in [1.807, 2.05) is 0 Å². The van der Waals surface area contributed by atoms with Crippen molar-refractivity contribution in [2.75, 3.05) is 0 Å². The zero-order valence-electron chi connectivity index (χ0n) is 14.2. The SMILES string of the molecule is Cn1c(=O)n(CC(=O)NNC(=O)c2ccc([N+](=O)[O-])cc2)c2ccccc21. The van der Waals surface area contributed by atoms with Crippen molar-refractivity contribution >= 4 is 28.5 Å². The number of non-ortho nitro benzene ring substituents is 1. The number of hydrogen-bond acceptors (Lipinski definition) is 5. The van der Waals surface area contributed by atoms with Crippen LogP contribution < -0.4 is 16.5 Å². The van der Waals surface area contributed by atoms with Crippen LogP contribution >= 0.6 is 0 Å². The minimum atomic E-state index is -0.636. The summed E-state index contributed by atoms with van der Waals surface area (Å²) in [4.78, 5) is 46.4. The topological polar surface area (TPSA) is 128 Å². The number of fused-ring (bicyclic) bond motifs is 1. The highest BCUT2D eigenvalue weighted by Gasteiger charge is 2.14. The fourth-order valence-electron chi connectivity index (χ4n) is 2.63. The van der Waals surface area contributed by atoms with Crippen molar-refractivity contribution in [3.8, 4) is 0 Å². The summed E-state index contributed by atoms with van der Waals surface area (Å²) in [6.45, 7) is -0.277. The molecule has 0 fully saturated rings. The zero-order valence-corrected chi connectivity index (χ0v) is 14.2. The summed E-state index contributed by atoms with van der Waals surface area (Å²) in [6, 6.07) is 12.0. The highest BCUT2D eigenvalue weighted by atomic mass is 16.6. The standard InChI is InChI=1S/C17H15N5O5/c1-20-13-4-2-3-5-14(13)21(17(20)25)10-15(23)18-19-16(24)11-6-8-12(9-7-11)22(26)27/h2-9H,10H2,1H3,(H,18,23)(H,19,24). The molecule has 27 heavy (non-hydrogen) atoms. The second-order valence-corrected chi connectivity index (χ2v) is 5.72. The maximum absolute atomic E-state index is 12.3. The van der Waals surface area contributed by atoms with Gasteiger partial charge in [0.1, 0.15) is 6.54 Å². The van der Waals surface area contributed by atoms with Crippen LogP contribution in [0, 0.1) is 10.1 Å². The van der Waals surface area contributed by atoms with Crippen LogP contribution in [0.4, 0.5) is 5.69 Å². The van der Waals surface area contributed by atoms with Gasteiger partial charge in [0, 0.05) is 24.7 Å². The Bertz CT molecular complexity index is 1100. The Morgan fingerprint density at radius 3 is 2.30 bits per heavy atom. The van der Waals surface area contributed by atoms with Gasteiger partial charge in [-0.1, -0.05) is 12.1 Å². The number of nitrogens with zero attached hydrogens (tertiary/aromatic N) is 3. The minimum absolute atomic E-state index is 0.142. The fraction of sp³-hybridized carbons (Fsp3) is 0.118. The third kappa shape index (κ3) is 3.54. The largest absolute Gasteiger partial charge is 0.329 e. The molecule has 1 heterocycles. The van der Waals surface area contributed by atoms with Gasteiger partial charge < -0.3 is 0 Å². The molecule has 0 spiro atoms. The van der Waals surface area contributed by atoms with Crippen LogP contribution in [-0.2, 0) is 18.4 Å². The molecular formula is C17H15N5O5. The van der Waals surface area contributed by atoms with Crippen LogP contribution in [0.15, 0.2) is 53.3 Å². The lowest BCUT2D eigenvalue weighted by Crippen LogP contribution is -2.44. The van der Waals surface area contributed by atoms with E-state index in [4.69, 9.17) is 0 Å². The van der Waals surface area contributed by atoms with Gasteiger partial charge in [-0.25, -0.2) is 4.79 Å². The summed E-state index contributed by atoms with van der Waals surface area (Å²) in [5.74, 6) is -1.23. The summed E-state index contributed by atoms with van der Waals surface area (Å²) in [5.41, 5.74) is 5.36. The number of amides is 2. The molecule has 3 aromatic rings. The monoisotopic (exact) mass is 369 g/mol. The molecule has 10 nitrogen and oxygen atoms in total. The van der Waals surface area contributed by atoms with Crippen LogP contribution in [0.3, 0.4) is 0 Å². The molecule has 138 valence electrons. The Kier molecular flexibility index (Phi) is 4.71. The molecule has 0 saturated carbocycles. The van der Waals surface area contributed by atoms with Gasteiger partial charge >= 0.3 is 5.69 Å². The predicted octanol–water partition coefficient (Wildman–Crippen LogP) is 0.709. The second-order valence-electron chi connectivity index (χ2n) is 5.72. The Morgan fingerprint density at radius 2 is 1.67 bits per heavy atom. The molecule has 0 radical (unpaired) electrons. The van der Waals surface area contributed by atoms with E-state index < -0.39 is 16.7 Å². The van der Waals surface area contributed by atoms with Crippen molar-refractivity contribution in [2.45, 2.75) is 6.54 Å². The molecule has 2 aromatic carbocycles. The number of para-hydroxylation sites is 2. The van der Waals surface area contributed by atoms with E-state index >= 15 is 0 Å². The Hall–Kier alpha value is -3.95. The molecule has 2 N–H and O–H groups in total. The van der Waals surface area contributed by atoms with Crippen molar-refractivity contribution in [3.63, 3.8) is 0 Å². The first-order chi connectivity index (χ1) is 12.9. The number of aromatic nitrogens is 2. The van der Waals surface area contributed by atoms with Crippen LogP contribution in [0.1, 0.15) is 10.4 Å². The predicted molar refractivity (Wildman–Crippen MR) is 95.9 cm³/mol. The maximum Gasteiger partial charge on any atom is 0.329 e. The molecule has 10 heteroatoms. The number of nitro benzene ring substituents is 1. The first-order valence-corrected chi connectivity index (χ1v) is 7.86. The maximum atomic E-state index is 12.3. The lowest BCUT2D eigenvalue weighted by atomic mass is 10.2. The number of imidazole rings is 1. The third-order valence-corrected chi connectivity index (χ3v) is 4.01. The van der Waals surface area contributed by atoms with Gasteiger partial charge in [-0.3, -0.25) is 39.7 Å². The van der Waals surface area contributed by atoms with Crippen molar-refractivity contribution in [2.24, 2.45) is 7.05 Å². The number of benzene rings is 2. The number of aryl methyl sites for hydroxylation is 1. The first kappa shape index (κ1) is 17.9. The average Bonchev–Trinajstić information content (AvgIpc) is 2.91. The molecule has 0 atom stereocenters. The molecule has 3 rings (SSSR count). The molecule has 2 amide bonds. The molecule has 0 aliphatic heterocycles. The Morgan fingerprint density at radius 1 is 1.04 bits per heavy atom. The molecule has 0 saturated heterocycles. The molecule has 0 aliphatic carbocycles. The van der Waals surface area contributed by atoms with Gasteiger partial charge in [0.2, 0.25) is 0 Å². The van der Waals surface area contributed by atoms with Crippen LogP contribution in [0.25, 0.3) is 11.0 Å². The van der Waals surface area contributed by atoms with E-state index in [-0.39, 0.29) is 23.5 Å². The number of nitrogens with one attached hydrogen (secondary N) is 2. The van der Waals surface area contributed by atoms with Gasteiger partial charge in [-0.15, -0.1) is 0 Å². The van der Waals surface area contributed by atoms with Gasteiger partial charge in [-0.05, 0) is 24.3 Å². The van der Waals surface area contributed by atoms with Gasteiger partial charge in [0.25, 0.3) is 17.5 Å². The Labute approximate surface area is 152 Å². The Balaban J connectivity index is 1.67. The summed E-state index contributed by atoms with van der Waals surface area (Å²) >= 11 is 0. The normalized spacial score (nSPS) is 10.6. The number of hydrazine groups is 1. The highest BCUT2D eigenvalue weighted by molar-refractivity contribution is 5.95. The lowest BCUT2D eigenvalue weighted by molar-refractivity contribution is -0.384. The summed E-state index contributed by atoms with van der Waals surface area (Å²) < 4.78 is 2.72. The molecule has 0 bridgehead atoms. The highest BCUT2D eigenvalue weighted by Crippen LogP contribution is 2.12. The van der Waals surface area contributed by atoms with Gasteiger partial charge in [0.15, 0.2) is 0 Å². The molecular weight excluding hydrogens is 354 g/mol. The molecule has 0 aliphatic rings. The van der Waals surface area contributed by atoms with Crippen molar-refractivity contribution in [1.29, 1.82) is 0 Å². The lowest BCUT2D eigenvalue weighted by Gasteiger charge is -2.08. The zero-order chi connectivity index (χ0) is 19.6. The summed E-state index contributed by atoms with van der Waals surface area (Å²) in [7, 11) is 1.61. The molecule has 1 aromatic heterocycles. The minimum Gasteiger partial charge on any atom is -0.295 e. The quantitative estimate of drug-likeness (QED) is 0.517. The van der Waals surface area contributed by atoms with E-state index in [0.29, 0.717) is 11.0 Å². The smallest absolute Gasteiger partial charge is 0.295 e. The van der Waals surface area contributed by atoms with E-state index in [2.05, 4.69) is 10.9 Å². The van der Waals surface area contributed by atoms with Crippen molar-refractivity contribution in [3.05, 3.63) is 74.7 Å². The number of carbonyl (C=O) groups is 2. The van der Waals surface area contributed by atoms with Crippen LogP contribution in [-0.4, -0.2) is 25.9 Å². The van der Waals surface area contributed by atoms with Crippen LogP contribution in [0.2, 0.25) is 0 Å². The fourth-order valence-corrected chi connectivity index (χ4v) is 2.63. The van der Waals surface area contributed by atoms with E-state index in [1.165, 1.54) is 33.4 Å². The van der Waals surface area contributed by atoms with Crippen molar-refractivity contribution in [1.82, 2.24) is 20.0 Å². The summed E-state index contributed by atoms with van der Waals surface area (Å²) in [6.07, 6.45) is 0. The number of carbonyl (C=O) groups excluding carboxylic acids is 2. The van der Waals surface area contributed by atoms with Gasteiger partial charge in [0.05, 0.1) is 16.0 Å². The second kappa shape index (κ2) is 7.12. The number of rotatable bonds is 4. The molecule has 0 unspecified atom stereocenters. The number of hydrogen-bond donors (Lipinski definition) is 2. The first-order valence-electron chi connectivity index (χ1n) is 7.86. The van der Waals surface area contributed by atoms with E-state index in [9.17, 15) is 24.5 Å². The van der Waals surface area contributed by atoms with Gasteiger partial charge in [-0.2, -0.15) is 0 Å². The average molecular weight is 369 g/mol. The van der Waals surface area contributed by atoms with E-state index in [1.54, 1.807) is 31.3 Å². The third-order valence-electron chi connectivity index (χ3n) is 4.01. The van der Waals surface area contributed by atoms with E-state index in [0.717, 1.165) is 0 Å². The van der Waals surface area contributed by atoms with Crippen LogP contribution in [0.5, 0.6) is 0 Å². The van der Waals surface area contributed by atoms with Crippen molar-refractivity contribution < 1.29 is 14.5 Å². The summed E-state index contributed by atoms with van der Waals surface area (Å²) in [5, 5.41) is 10.6. The number of nitro groups is 1.